The summed E-state index contributed by atoms with van der Waals surface area (Å²) in [6.45, 7) is 7.77. The summed E-state index contributed by atoms with van der Waals surface area (Å²) in [5.74, 6) is -0.580. The Morgan fingerprint density at radius 3 is 2.73 bits per heavy atom. The standard InChI is InChI=1S/C32H36F2N4O3/c1-4-21-23(33)10-9-18-12-20(39)13-22(26(18)21)29-28(34)30-27-24(14-25(36-30)41-17-32(2,3)16-35)38-11-7-5-6-8-19(38)15-40-31(27)37-29/h9-10,12-14,19,39H,4-8,11,15-17,35H2,1-3H3. The second kappa shape index (κ2) is 10.6. The maximum atomic E-state index is 16.8. The summed E-state index contributed by atoms with van der Waals surface area (Å²) < 4.78 is 44.2. The highest BCUT2D eigenvalue weighted by Crippen LogP contribution is 2.45. The number of hydrogen-bond donors (Lipinski definition) is 2. The summed E-state index contributed by atoms with van der Waals surface area (Å²) in [4.78, 5) is 11.6. The molecule has 2 aliphatic rings. The van der Waals surface area contributed by atoms with Crippen LogP contribution in [0, 0.1) is 17.0 Å². The topological polar surface area (TPSA) is 93.7 Å². The van der Waals surface area contributed by atoms with Crippen molar-refractivity contribution in [3.05, 3.63) is 47.5 Å². The highest BCUT2D eigenvalue weighted by Gasteiger charge is 2.33. The van der Waals surface area contributed by atoms with Crippen molar-refractivity contribution in [3.63, 3.8) is 0 Å². The van der Waals surface area contributed by atoms with Crippen LogP contribution in [0.5, 0.6) is 17.5 Å². The fraction of sp³-hybridized carbons (Fsp3) is 0.438. The van der Waals surface area contributed by atoms with E-state index in [1.807, 2.05) is 26.8 Å². The molecule has 1 unspecified atom stereocenters. The van der Waals surface area contributed by atoms with Gasteiger partial charge < -0.3 is 25.2 Å². The molecule has 0 spiro atoms. The second-order valence-corrected chi connectivity index (χ2v) is 11.9. The van der Waals surface area contributed by atoms with E-state index in [0.29, 0.717) is 53.8 Å². The number of nitrogens with two attached hydrogens (primary N) is 1. The lowest BCUT2D eigenvalue weighted by atomic mass is 9.94. The second-order valence-electron chi connectivity index (χ2n) is 11.9. The van der Waals surface area contributed by atoms with Gasteiger partial charge in [0.2, 0.25) is 11.8 Å². The summed E-state index contributed by atoms with van der Waals surface area (Å²) in [5.41, 5.74) is 7.15. The summed E-state index contributed by atoms with van der Waals surface area (Å²) in [6, 6.07) is 7.88. The lowest BCUT2D eigenvalue weighted by molar-refractivity contribution is 0.181. The van der Waals surface area contributed by atoms with Gasteiger partial charge in [0.25, 0.3) is 0 Å². The average molecular weight is 563 g/mol. The molecule has 7 nitrogen and oxygen atoms in total. The molecule has 1 fully saturated rings. The van der Waals surface area contributed by atoms with Gasteiger partial charge in [-0.3, -0.25) is 0 Å². The number of nitrogens with zero attached hydrogens (tertiary/aromatic N) is 3. The zero-order valence-electron chi connectivity index (χ0n) is 23.8. The van der Waals surface area contributed by atoms with Gasteiger partial charge in [-0.15, -0.1) is 0 Å². The van der Waals surface area contributed by atoms with E-state index < -0.39 is 11.6 Å². The number of anilines is 1. The predicted molar refractivity (Wildman–Crippen MR) is 157 cm³/mol. The van der Waals surface area contributed by atoms with Gasteiger partial charge in [0.1, 0.15) is 29.4 Å². The number of aromatic hydroxyl groups is 1. The summed E-state index contributed by atoms with van der Waals surface area (Å²) in [6.07, 6.45) is 4.54. The minimum atomic E-state index is -0.677. The van der Waals surface area contributed by atoms with Gasteiger partial charge in [-0.1, -0.05) is 39.7 Å². The molecule has 1 atom stereocenters. The van der Waals surface area contributed by atoms with E-state index in [9.17, 15) is 9.50 Å². The molecule has 3 N–H and O–H groups in total. The number of benzene rings is 2. The number of halogens is 2. The van der Waals surface area contributed by atoms with Crippen molar-refractivity contribution in [2.24, 2.45) is 11.1 Å². The van der Waals surface area contributed by atoms with Gasteiger partial charge >= 0.3 is 0 Å². The van der Waals surface area contributed by atoms with E-state index >= 15 is 4.39 Å². The van der Waals surface area contributed by atoms with Gasteiger partial charge in [-0.25, -0.2) is 18.7 Å². The first-order valence-electron chi connectivity index (χ1n) is 14.4. The van der Waals surface area contributed by atoms with Gasteiger partial charge in [0.05, 0.1) is 23.7 Å². The maximum Gasteiger partial charge on any atom is 0.225 e. The third kappa shape index (κ3) is 4.90. The van der Waals surface area contributed by atoms with Crippen LogP contribution in [0.25, 0.3) is 32.9 Å². The van der Waals surface area contributed by atoms with Gasteiger partial charge in [0.15, 0.2) is 5.82 Å². The Bertz CT molecular complexity index is 1640. The molecule has 2 aromatic carbocycles. The van der Waals surface area contributed by atoms with Crippen molar-refractivity contribution >= 4 is 27.4 Å². The van der Waals surface area contributed by atoms with Crippen LogP contribution in [0.1, 0.15) is 52.0 Å². The van der Waals surface area contributed by atoms with Gasteiger partial charge in [-0.2, -0.15) is 0 Å². The predicted octanol–water partition coefficient (Wildman–Crippen LogP) is 6.50. The molecule has 2 aliphatic heterocycles. The fourth-order valence-electron chi connectivity index (χ4n) is 5.98. The highest BCUT2D eigenvalue weighted by atomic mass is 19.1. The Morgan fingerprint density at radius 1 is 1.12 bits per heavy atom. The Hall–Kier alpha value is -3.72. The van der Waals surface area contributed by atoms with Crippen LogP contribution < -0.4 is 20.1 Å². The van der Waals surface area contributed by atoms with E-state index in [4.69, 9.17) is 20.2 Å². The van der Waals surface area contributed by atoms with E-state index in [2.05, 4.69) is 9.88 Å². The van der Waals surface area contributed by atoms with Crippen LogP contribution in [0.15, 0.2) is 30.3 Å². The van der Waals surface area contributed by atoms with E-state index in [0.717, 1.165) is 37.9 Å². The lowest BCUT2D eigenvalue weighted by Gasteiger charge is -2.30. The first kappa shape index (κ1) is 27.4. The molecule has 0 amide bonds. The minimum Gasteiger partial charge on any atom is -0.508 e. The summed E-state index contributed by atoms with van der Waals surface area (Å²) in [7, 11) is 0. The van der Waals surface area contributed by atoms with E-state index in [1.165, 1.54) is 12.1 Å². The number of aryl methyl sites for hydroxylation is 1. The van der Waals surface area contributed by atoms with Crippen LogP contribution in [0.4, 0.5) is 14.5 Å². The molecular formula is C32H36F2N4O3. The van der Waals surface area contributed by atoms with Gasteiger partial charge in [-0.05, 0) is 53.8 Å². The first-order chi connectivity index (χ1) is 19.7. The third-order valence-electron chi connectivity index (χ3n) is 8.34. The number of phenols is 1. The first-order valence-corrected chi connectivity index (χ1v) is 14.4. The van der Waals surface area contributed by atoms with E-state index in [-0.39, 0.29) is 39.9 Å². The van der Waals surface area contributed by atoms with Crippen LogP contribution in [0.2, 0.25) is 0 Å². The number of pyridine rings is 2. The van der Waals surface area contributed by atoms with Gasteiger partial charge in [0, 0.05) is 30.1 Å². The van der Waals surface area contributed by atoms with Crippen molar-refractivity contribution in [2.75, 3.05) is 31.2 Å². The molecule has 1 saturated heterocycles. The Morgan fingerprint density at radius 2 is 1.95 bits per heavy atom. The maximum absolute atomic E-state index is 16.8. The molecule has 2 aromatic heterocycles. The Balaban J connectivity index is 1.63. The number of aromatic nitrogens is 2. The lowest BCUT2D eigenvalue weighted by Crippen LogP contribution is -2.38. The highest BCUT2D eigenvalue weighted by molar-refractivity contribution is 6.04. The smallest absolute Gasteiger partial charge is 0.225 e. The van der Waals surface area contributed by atoms with Crippen molar-refractivity contribution in [1.29, 1.82) is 0 Å². The molecule has 4 aromatic rings. The van der Waals surface area contributed by atoms with Crippen molar-refractivity contribution in [2.45, 2.75) is 58.9 Å². The SMILES string of the molecule is CCc1c(F)ccc2cc(O)cc(-c3nc4c5c(cc(OCC(C)(C)CN)nc5c3F)N3CCCCCC3CO4)c12. The van der Waals surface area contributed by atoms with Crippen LogP contribution in [0.3, 0.4) is 0 Å². The molecule has 41 heavy (non-hydrogen) atoms. The van der Waals surface area contributed by atoms with Crippen LogP contribution in [-0.2, 0) is 6.42 Å². The van der Waals surface area contributed by atoms with E-state index in [1.54, 1.807) is 12.1 Å². The largest absolute Gasteiger partial charge is 0.508 e. The molecule has 6 rings (SSSR count). The van der Waals surface area contributed by atoms with Crippen molar-refractivity contribution in [1.82, 2.24) is 9.97 Å². The van der Waals surface area contributed by atoms with Crippen LogP contribution >= 0.6 is 0 Å². The Kier molecular flexibility index (Phi) is 7.09. The minimum absolute atomic E-state index is 0.0521. The molecular weight excluding hydrogens is 526 g/mol. The zero-order valence-corrected chi connectivity index (χ0v) is 23.8. The number of rotatable bonds is 6. The molecule has 0 aliphatic carbocycles. The Labute approximate surface area is 238 Å². The van der Waals surface area contributed by atoms with Crippen molar-refractivity contribution < 1.29 is 23.4 Å². The van der Waals surface area contributed by atoms with Crippen molar-refractivity contribution in [3.8, 4) is 28.8 Å². The quantitative estimate of drug-likeness (QED) is 0.277. The normalized spacial score (nSPS) is 17.2. The number of ether oxygens (including phenoxy) is 2. The monoisotopic (exact) mass is 562 g/mol. The molecule has 216 valence electrons. The molecule has 4 heterocycles. The molecule has 0 saturated carbocycles. The molecule has 0 bridgehead atoms. The summed E-state index contributed by atoms with van der Waals surface area (Å²) in [5, 5.41) is 12.2. The van der Waals surface area contributed by atoms with Crippen LogP contribution in [-0.4, -0.2) is 47.4 Å². The number of fused-ring (bicyclic) bond motifs is 3. The molecule has 0 radical (unpaired) electrons. The molecule has 9 heteroatoms. The zero-order chi connectivity index (χ0) is 28.9. The number of phenolic OH excluding ortho intramolecular Hbond substituents is 1. The fourth-order valence-corrected chi connectivity index (χ4v) is 5.98. The third-order valence-corrected chi connectivity index (χ3v) is 8.34. The number of hydrogen-bond acceptors (Lipinski definition) is 7. The average Bonchev–Trinajstić information content (AvgIpc) is 3.28. The summed E-state index contributed by atoms with van der Waals surface area (Å²) >= 11 is 0.